The number of hydrogen-bond donors (Lipinski definition) is 0. The summed E-state index contributed by atoms with van der Waals surface area (Å²) in [5.74, 6) is -0.596. The number of nitrogens with zero attached hydrogens (tertiary/aromatic N) is 1. The van der Waals surface area contributed by atoms with Gasteiger partial charge in [-0.05, 0) is 66.3 Å². The van der Waals surface area contributed by atoms with E-state index in [0.717, 1.165) is 16.7 Å². The number of rotatable bonds is 7. The largest absolute Gasteiger partial charge is 0.443 e. The Bertz CT molecular complexity index is 1500. The SMILES string of the molecule is O=C(CCc1cccc(-c2ccc(Cl)cc2)c1)[C@@H]1CCCN1S(=O)(=O)c1cc2cc(F)ccc2o1. The molecule has 0 amide bonds. The lowest BCUT2D eigenvalue weighted by Crippen LogP contribution is -2.40. The fourth-order valence-electron chi connectivity index (χ4n) is 4.57. The third-order valence-corrected chi connectivity index (χ3v) is 8.37. The van der Waals surface area contributed by atoms with Crippen LogP contribution in [0.3, 0.4) is 0 Å². The van der Waals surface area contributed by atoms with Gasteiger partial charge in [0.15, 0.2) is 5.78 Å². The lowest BCUT2D eigenvalue weighted by Gasteiger charge is -2.21. The maximum absolute atomic E-state index is 13.5. The second kappa shape index (κ2) is 9.57. The highest BCUT2D eigenvalue weighted by molar-refractivity contribution is 7.89. The van der Waals surface area contributed by atoms with Crippen molar-refractivity contribution in [2.75, 3.05) is 6.54 Å². The first-order valence-electron chi connectivity index (χ1n) is 11.4. The fourth-order valence-corrected chi connectivity index (χ4v) is 6.32. The molecule has 1 aliphatic rings. The van der Waals surface area contributed by atoms with Crippen molar-refractivity contribution >= 4 is 38.4 Å². The molecule has 0 aliphatic carbocycles. The number of fused-ring (bicyclic) bond motifs is 1. The molecule has 0 bridgehead atoms. The molecule has 1 aliphatic heterocycles. The van der Waals surface area contributed by atoms with Gasteiger partial charge in [0.25, 0.3) is 10.0 Å². The van der Waals surface area contributed by atoms with Crippen LogP contribution >= 0.6 is 11.6 Å². The number of carbonyl (C=O) groups is 1. The first-order valence-corrected chi connectivity index (χ1v) is 13.2. The maximum atomic E-state index is 13.5. The molecule has 0 radical (unpaired) electrons. The molecule has 0 unspecified atom stereocenters. The van der Waals surface area contributed by atoms with Crippen LogP contribution in [-0.4, -0.2) is 31.1 Å². The standard InChI is InChI=1S/C27H23ClFNO4S/c28-22-9-7-19(8-10-22)20-4-1-3-18(15-20)6-12-25(31)24-5-2-14-30(24)35(32,33)27-17-21-16-23(29)11-13-26(21)34-27/h1,3-4,7-11,13,15-17,24H,2,5-6,12,14H2/t24-/m0/s1. The molecule has 0 saturated carbocycles. The van der Waals surface area contributed by atoms with Crippen LogP contribution in [0.1, 0.15) is 24.8 Å². The van der Waals surface area contributed by atoms with E-state index in [2.05, 4.69) is 0 Å². The molecule has 5 nitrogen and oxygen atoms in total. The van der Waals surface area contributed by atoms with Crippen molar-refractivity contribution in [3.63, 3.8) is 0 Å². The molecule has 35 heavy (non-hydrogen) atoms. The first kappa shape index (κ1) is 23.7. The number of Topliss-reactive ketones (excluding diaryl/α,β-unsaturated/α-hetero) is 1. The van der Waals surface area contributed by atoms with Crippen molar-refractivity contribution < 1.29 is 22.0 Å². The summed E-state index contributed by atoms with van der Waals surface area (Å²) < 4.78 is 46.8. The topological polar surface area (TPSA) is 67.6 Å². The Kier molecular flexibility index (Phi) is 6.49. The number of halogens is 2. The molecule has 180 valence electrons. The van der Waals surface area contributed by atoms with E-state index in [1.54, 1.807) is 0 Å². The number of sulfonamides is 1. The van der Waals surface area contributed by atoms with E-state index in [9.17, 15) is 17.6 Å². The molecule has 5 rings (SSSR count). The molecule has 3 aromatic carbocycles. The summed E-state index contributed by atoms with van der Waals surface area (Å²) in [6.07, 6.45) is 1.80. The highest BCUT2D eigenvalue weighted by Gasteiger charge is 2.40. The fraction of sp³-hybridized carbons (Fsp3) is 0.222. The number of hydrogen-bond acceptors (Lipinski definition) is 4. The molecule has 2 heterocycles. The second-order valence-electron chi connectivity index (χ2n) is 8.69. The van der Waals surface area contributed by atoms with Crippen LogP contribution in [0, 0.1) is 5.82 Å². The van der Waals surface area contributed by atoms with Crippen LogP contribution < -0.4 is 0 Å². The molecule has 0 spiro atoms. The third kappa shape index (κ3) is 4.89. The Morgan fingerprint density at radius 3 is 2.63 bits per heavy atom. The van der Waals surface area contributed by atoms with Crippen molar-refractivity contribution in [2.45, 2.75) is 36.8 Å². The highest BCUT2D eigenvalue weighted by atomic mass is 35.5. The van der Waals surface area contributed by atoms with Crippen molar-refractivity contribution in [3.8, 4) is 11.1 Å². The highest BCUT2D eigenvalue weighted by Crippen LogP contribution is 2.31. The predicted octanol–water partition coefficient (Wildman–Crippen LogP) is 6.25. The summed E-state index contributed by atoms with van der Waals surface area (Å²) in [7, 11) is -4.02. The van der Waals surface area contributed by atoms with Crippen LogP contribution in [0.15, 0.2) is 82.3 Å². The summed E-state index contributed by atoms with van der Waals surface area (Å²) in [5, 5.41) is 0.765. The average molecular weight is 512 g/mol. The van der Waals surface area contributed by atoms with Gasteiger partial charge in [-0.15, -0.1) is 0 Å². The molecule has 1 fully saturated rings. The van der Waals surface area contributed by atoms with Gasteiger partial charge < -0.3 is 4.42 Å². The Hall–Kier alpha value is -3.00. The van der Waals surface area contributed by atoms with Gasteiger partial charge in [0.2, 0.25) is 5.09 Å². The molecule has 1 aromatic heterocycles. The Labute approximate surface area is 208 Å². The normalized spacial score (nSPS) is 16.7. The van der Waals surface area contributed by atoms with Gasteiger partial charge in [-0.3, -0.25) is 4.79 Å². The maximum Gasteiger partial charge on any atom is 0.277 e. The van der Waals surface area contributed by atoms with E-state index in [1.165, 1.54) is 28.6 Å². The van der Waals surface area contributed by atoms with Crippen molar-refractivity contribution in [1.82, 2.24) is 4.31 Å². The predicted molar refractivity (Wildman–Crippen MR) is 133 cm³/mol. The minimum absolute atomic E-state index is 0.120. The minimum Gasteiger partial charge on any atom is -0.443 e. The smallest absolute Gasteiger partial charge is 0.277 e. The lowest BCUT2D eigenvalue weighted by molar-refractivity contribution is -0.122. The van der Waals surface area contributed by atoms with E-state index in [1.807, 2.05) is 48.5 Å². The lowest BCUT2D eigenvalue weighted by atomic mass is 9.98. The molecule has 4 aromatic rings. The van der Waals surface area contributed by atoms with Crippen molar-refractivity contribution in [1.29, 1.82) is 0 Å². The third-order valence-electron chi connectivity index (χ3n) is 6.36. The van der Waals surface area contributed by atoms with Crippen LogP contribution in [0.2, 0.25) is 5.02 Å². The van der Waals surface area contributed by atoms with E-state index >= 15 is 0 Å². The molecule has 1 atom stereocenters. The minimum atomic E-state index is -4.02. The van der Waals surface area contributed by atoms with E-state index in [4.69, 9.17) is 16.0 Å². The van der Waals surface area contributed by atoms with Crippen molar-refractivity contribution in [2.24, 2.45) is 0 Å². The Balaban J connectivity index is 1.30. The zero-order valence-electron chi connectivity index (χ0n) is 18.8. The zero-order valence-corrected chi connectivity index (χ0v) is 20.4. The Morgan fingerprint density at radius 1 is 1.03 bits per heavy atom. The molecular weight excluding hydrogens is 489 g/mol. The number of carbonyl (C=O) groups excluding carboxylic acids is 1. The number of furan rings is 1. The van der Waals surface area contributed by atoms with Crippen LogP contribution in [0.25, 0.3) is 22.1 Å². The zero-order chi connectivity index (χ0) is 24.6. The van der Waals surface area contributed by atoms with Gasteiger partial charge in [-0.25, -0.2) is 12.8 Å². The molecular formula is C27H23ClFNO4S. The van der Waals surface area contributed by atoms with Crippen LogP contribution in [0.5, 0.6) is 0 Å². The van der Waals surface area contributed by atoms with Gasteiger partial charge in [0, 0.05) is 29.4 Å². The Morgan fingerprint density at radius 2 is 1.83 bits per heavy atom. The van der Waals surface area contributed by atoms with Gasteiger partial charge in [-0.2, -0.15) is 4.31 Å². The molecule has 1 saturated heterocycles. The first-order chi connectivity index (χ1) is 16.8. The summed E-state index contributed by atoms with van der Waals surface area (Å²) >= 11 is 5.98. The van der Waals surface area contributed by atoms with Gasteiger partial charge >= 0.3 is 0 Å². The average Bonchev–Trinajstić information content (AvgIpc) is 3.51. The number of ketones is 1. The summed E-state index contributed by atoms with van der Waals surface area (Å²) in [5.41, 5.74) is 3.34. The second-order valence-corrected chi connectivity index (χ2v) is 11.0. The van der Waals surface area contributed by atoms with E-state index < -0.39 is 21.9 Å². The van der Waals surface area contributed by atoms with Crippen LogP contribution in [0.4, 0.5) is 4.39 Å². The van der Waals surface area contributed by atoms with E-state index in [-0.39, 0.29) is 29.4 Å². The summed E-state index contributed by atoms with van der Waals surface area (Å²) in [6, 6.07) is 19.9. The quantitative estimate of drug-likeness (QED) is 0.294. The molecule has 0 N–H and O–H groups in total. The van der Waals surface area contributed by atoms with Crippen molar-refractivity contribution in [3.05, 3.63) is 89.2 Å². The van der Waals surface area contributed by atoms with Gasteiger partial charge in [0.05, 0.1) is 6.04 Å². The summed E-state index contributed by atoms with van der Waals surface area (Å²) in [4.78, 5) is 13.1. The van der Waals surface area contributed by atoms with Crippen LogP contribution in [-0.2, 0) is 21.2 Å². The monoisotopic (exact) mass is 511 g/mol. The summed E-state index contributed by atoms with van der Waals surface area (Å²) in [6.45, 7) is 0.246. The number of aryl methyl sites for hydroxylation is 1. The molecule has 8 heteroatoms. The number of benzene rings is 3. The van der Waals surface area contributed by atoms with E-state index in [0.29, 0.717) is 29.7 Å². The van der Waals surface area contributed by atoms with Gasteiger partial charge in [0.1, 0.15) is 11.4 Å². The van der Waals surface area contributed by atoms with Gasteiger partial charge in [-0.1, -0.05) is 48.0 Å².